The second kappa shape index (κ2) is 5.55. The van der Waals surface area contributed by atoms with Gasteiger partial charge in [-0.15, -0.1) is 21.5 Å². The van der Waals surface area contributed by atoms with E-state index < -0.39 is 0 Å². The maximum atomic E-state index is 8.96. The predicted octanol–water partition coefficient (Wildman–Crippen LogP) is 3.25. The van der Waals surface area contributed by atoms with E-state index in [2.05, 4.69) is 16.3 Å². The fourth-order valence-electron chi connectivity index (χ4n) is 1.64. The van der Waals surface area contributed by atoms with Crippen LogP contribution in [0.15, 0.2) is 46.2 Å². The van der Waals surface area contributed by atoms with Crippen LogP contribution in [0.25, 0.3) is 10.8 Å². The van der Waals surface area contributed by atoms with Crippen LogP contribution in [0.1, 0.15) is 11.5 Å². The van der Waals surface area contributed by atoms with Gasteiger partial charge in [0.25, 0.3) is 11.8 Å². The van der Waals surface area contributed by atoms with Crippen molar-refractivity contribution in [3.05, 3.63) is 53.2 Å². The van der Waals surface area contributed by atoms with Crippen LogP contribution in [-0.4, -0.2) is 10.2 Å². The summed E-state index contributed by atoms with van der Waals surface area (Å²) in [7, 11) is 0. The van der Waals surface area contributed by atoms with Crippen molar-refractivity contribution in [3.63, 3.8) is 0 Å². The van der Waals surface area contributed by atoms with Crippen LogP contribution in [-0.2, 0) is 6.61 Å². The summed E-state index contributed by atoms with van der Waals surface area (Å²) in [4.78, 5) is 0.918. The molecule has 20 heavy (non-hydrogen) atoms. The van der Waals surface area contributed by atoms with E-state index in [-0.39, 0.29) is 6.61 Å². The van der Waals surface area contributed by atoms with Crippen LogP contribution in [0.3, 0.4) is 0 Å². The van der Waals surface area contributed by atoms with E-state index in [9.17, 15) is 0 Å². The average molecular weight is 283 g/mol. The number of hydrogen-bond donors (Lipinski definition) is 0. The molecule has 1 aromatic carbocycles. The van der Waals surface area contributed by atoms with Gasteiger partial charge in [0.15, 0.2) is 6.61 Å². The van der Waals surface area contributed by atoms with Gasteiger partial charge in [-0.1, -0.05) is 18.2 Å². The van der Waals surface area contributed by atoms with Crippen LogP contribution in [0, 0.1) is 11.3 Å². The van der Waals surface area contributed by atoms with E-state index in [0.717, 1.165) is 4.88 Å². The Morgan fingerprint density at radius 3 is 2.90 bits per heavy atom. The molecule has 0 fully saturated rings. The number of para-hydroxylation sites is 1. The van der Waals surface area contributed by atoms with Crippen molar-refractivity contribution in [2.75, 3.05) is 0 Å². The summed E-state index contributed by atoms with van der Waals surface area (Å²) in [6, 6.07) is 12.9. The first-order valence-corrected chi connectivity index (χ1v) is 6.73. The van der Waals surface area contributed by atoms with Crippen LogP contribution in [0.4, 0.5) is 0 Å². The highest BCUT2D eigenvalue weighted by Crippen LogP contribution is 2.24. The maximum absolute atomic E-state index is 8.96. The van der Waals surface area contributed by atoms with Gasteiger partial charge < -0.3 is 9.15 Å². The monoisotopic (exact) mass is 283 g/mol. The first kappa shape index (κ1) is 12.4. The fraction of sp³-hybridized carbons (Fsp3) is 0.0714. The van der Waals surface area contributed by atoms with Gasteiger partial charge in [0.1, 0.15) is 11.8 Å². The summed E-state index contributed by atoms with van der Waals surface area (Å²) in [5.41, 5.74) is 0.477. The third-order valence-corrected chi connectivity index (χ3v) is 3.42. The highest BCUT2D eigenvalue weighted by molar-refractivity contribution is 7.13. The Bertz CT molecular complexity index is 744. The standard InChI is InChI=1S/C14H9N3O2S/c15-8-10-4-1-2-5-11(10)18-9-13-16-17-14(19-13)12-6-3-7-20-12/h1-7H,9H2. The van der Waals surface area contributed by atoms with Crippen LogP contribution >= 0.6 is 11.3 Å². The number of rotatable bonds is 4. The molecule has 0 radical (unpaired) electrons. The molecule has 0 unspecified atom stereocenters. The molecule has 0 saturated carbocycles. The quantitative estimate of drug-likeness (QED) is 0.735. The average Bonchev–Trinajstić information content (AvgIpc) is 3.16. The summed E-state index contributed by atoms with van der Waals surface area (Å²) in [6.07, 6.45) is 0. The first-order chi connectivity index (χ1) is 9.86. The van der Waals surface area contributed by atoms with E-state index in [0.29, 0.717) is 23.1 Å². The molecule has 0 aliphatic rings. The lowest BCUT2D eigenvalue weighted by atomic mass is 10.2. The van der Waals surface area contributed by atoms with Crippen molar-refractivity contribution in [1.82, 2.24) is 10.2 Å². The molecule has 3 aromatic rings. The molecule has 0 atom stereocenters. The molecule has 6 heteroatoms. The first-order valence-electron chi connectivity index (χ1n) is 5.85. The van der Waals surface area contributed by atoms with E-state index >= 15 is 0 Å². The number of aromatic nitrogens is 2. The lowest BCUT2D eigenvalue weighted by molar-refractivity contribution is 0.264. The van der Waals surface area contributed by atoms with Crippen molar-refractivity contribution < 1.29 is 9.15 Å². The number of nitrogens with zero attached hydrogens (tertiary/aromatic N) is 3. The van der Waals surface area contributed by atoms with Gasteiger partial charge in [0, 0.05) is 0 Å². The summed E-state index contributed by atoms with van der Waals surface area (Å²) in [5.74, 6) is 1.36. The van der Waals surface area contributed by atoms with Gasteiger partial charge in [-0.05, 0) is 23.6 Å². The fourth-order valence-corrected chi connectivity index (χ4v) is 2.28. The zero-order valence-electron chi connectivity index (χ0n) is 10.3. The van der Waals surface area contributed by atoms with Gasteiger partial charge in [-0.2, -0.15) is 5.26 Å². The molecule has 0 saturated heterocycles. The Morgan fingerprint density at radius 2 is 2.10 bits per heavy atom. The number of hydrogen-bond acceptors (Lipinski definition) is 6. The van der Waals surface area contributed by atoms with Crippen molar-refractivity contribution in [1.29, 1.82) is 5.26 Å². The molecule has 2 aromatic heterocycles. The molecule has 2 heterocycles. The molecule has 0 spiro atoms. The van der Waals surface area contributed by atoms with Gasteiger partial charge in [0.2, 0.25) is 0 Å². The smallest absolute Gasteiger partial charge is 0.257 e. The lowest BCUT2D eigenvalue weighted by Gasteiger charge is -2.04. The largest absolute Gasteiger partial charge is 0.482 e. The lowest BCUT2D eigenvalue weighted by Crippen LogP contribution is -1.97. The molecule has 0 aliphatic carbocycles. The molecule has 0 N–H and O–H groups in total. The number of nitriles is 1. The molecule has 0 bridgehead atoms. The molecule has 0 amide bonds. The van der Waals surface area contributed by atoms with Crippen LogP contribution < -0.4 is 4.74 Å². The molecule has 0 aliphatic heterocycles. The Morgan fingerprint density at radius 1 is 1.20 bits per heavy atom. The minimum atomic E-state index is 0.136. The summed E-state index contributed by atoms with van der Waals surface area (Å²) < 4.78 is 11.0. The molecular formula is C14H9N3O2S. The Hall–Kier alpha value is -2.65. The van der Waals surface area contributed by atoms with E-state index in [1.54, 1.807) is 24.3 Å². The topological polar surface area (TPSA) is 71.9 Å². The molecule has 3 rings (SSSR count). The Labute approximate surface area is 119 Å². The van der Waals surface area contributed by atoms with Gasteiger partial charge in [-0.25, -0.2) is 0 Å². The predicted molar refractivity (Wildman–Crippen MR) is 73.1 cm³/mol. The zero-order valence-corrected chi connectivity index (χ0v) is 11.1. The van der Waals surface area contributed by atoms with Crippen molar-refractivity contribution in [2.45, 2.75) is 6.61 Å². The molecular weight excluding hydrogens is 274 g/mol. The van der Waals surface area contributed by atoms with Gasteiger partial charge in [-0.3, -0.25) is 0 Å². The Kier molecular flexibility index (Phi) is 3.44. The van der Waals surface area contributed by atoms with Crippen molar-refractivity contribution >= 4 is 11.3 Å². The summed E-state index contributed by atoms with van der Waals surface area (Å²) in [6.45, 7) is 0.136. The summed E-state index contributed by atoms with van der Waals surface area (Å²) in [5, 5.41) is 18.8. The van der Waals surface area contributed by atoms with E-state index in [1.807, 2.05) is 17.5 Å². The van der Waals surface area contributed by atoms with Crippen LogP contribution in [0.5, 0.6) is 5.75 Å². The minimum Gasteiger partial charge on any atom is -0.482 e. The number of thiophene rings is 1. The third-order valence-electron chi connectivity index (χ3n) is 2.56. The second-order valence-corrected chi connectivity index (χ2v) is 4.82. The van der Waals surface area contributed by atoms with Crippen molar-refractivity contribution in [3.8, 4) is 22.6 Å². The van der Waals surface area contributed by atoms with Gasteiger partial charge >= 0.3 is 0 Å². The highest BCUT2D eigenvalue weighted by atomic mass is 32.1. The second-order valence-electron chi connectivity index (χ2n) is 3.87. The van der Waals surface area contributed by atoms with Gasteiger partial charge in [0.05, 0.1) is 10.4 Å². The number of ether oxygens (including phenoxy) is 1. The van der Waals surface area contributed by atoms with E-state index in [1.165, 1.54) is 11.3 Å². The number of benzene rings is 1. The van der Waals surface area contributed by atoms with E-state index in [4.69, 9.17) is 14.4 Å². The normalized spacial score (nSPS) is 10.2. The molecule has 5 nitrogen and oxygen atoms in total. The SMILES string of the molecule is N#Cc1ccccc1OCc1nnc(-c2cccs2)o1. The summed E-state index contributed by atoms with van der Waals surface area (Å²) >= 11 is 1.53. The third kappa shape index (κ3) is 2.53. The zero-order chi connectivity index (χ0) is 13.8. The van der Waals surface area contributed by atoms with Crippen LogP contribution in [0.2, 0.25) is 0 Å². The highest BCUT2D eigenvalue weighted by Gasteiger charge is 2.10. The molecule has 98 valence electrons. The Balaban J connectivity index is 1.72. The van der Waals surface area contributed by atoms with Crippen molar-refractivity contribution in [2.24, 2.45) is 0 Å². The maximum Gasteiger partial charge on any atom is 0.257 e. The minimum absolute atomic E-state index is 0.136.